The predicted octanol–water partition coefficient (Wildman–Crippen LogP) is 5.32. The van der Waals surface area contributed by atoms with Crippen molar-refractivity contribution in [2.24, 2.45) is 0 Å². The fourth-order valence-corrected chi connectivity index (χ4v) is 3.04. The van der Waals surface area contributed by atoms with Gasteiger partial charge in [0.2, 0.25) is 0 Å². The van der Waals surface area contributed by atoms with Crippen molar-refractivity contribution in [3.8, 4) is 5.75 Å². The third-order valence-corrected chi connectivity index (χ3v) is 4.30. The van der Waals surface area contributed by atoms with Crippen molar-refractivity contribution in [3.63, 3.8) is 0 Å². The van der Waals surface area contributed by atoms with Crippen molar-refractivity contribution in [2.45, 2.75) is 6.10 Å². The van der Waals surface area contributed by atoms with Crippen molar-refractivity contribution >= 4 is 21.9 Å². The largest absolute Gasteiger partial charge is 0.480 e. The summed E-state index contributed by atoms with van der Waals surface area (Å²) in [7, 11) is 0. The third-order valence-electron chi connectivity index (χ3n) is 3.64. The first-order valence-corrected chi connectivity index (χ1v) is 8.24. The number of carboxylic acids is 1. The van der Waals surface area contributed by atoms with Crippen LogP contribution in [0.2, 0.25) is 0 Å². The number of ether oxygens (including phenoxy) is 1. The molecule has 0 saturated carbocycles. The highest BCUT2D eigenvalue weighted by molar-refractivity contribution is 9.10. The van der Waals surface area contributed by atoms with Gasteiger partial charge in [-0.2, -0.15) is 0 Å². The van der Waals surface area contributed by atoms with Gasteiger partial charge in [0, 0.05) is 4.47 Å². The van der Waals surface area contributed by atoms with Gasteiger partial charge in [-0.3, -0.25) is 0 Å². The molecule has 3 rings (SSSR count). The van der Waals surface area contributed by atoms with E-state index in [1.54, 1.807) is 18.2 Å². The van der Waals surface area contributed by atoms with E-state index in [1.807, 2.05) is 60.7 Å². The molecule has 0 bridgehead atoms. The van der Waals surface area contributed by atoms with E-state index in [0.717, 1.165) is 11.1 Å². The molecule has 0 aliphatic heterocycles. The Morgan fingerprint density at radius 2 is 1.38 bits per heavy atom. The highest BCUT2D eigenvalue weighted by Crippen LogP contribution is 2.33. The molecule has 3 nitrogen and oxygen atoms in total. The smallest absolute Gasteiger partial charge is 0.340 e. The summed E-state index contributed by atoms with van der Waals surface area (Å²) in [6.45, 7) is 0. The van der Waals surface area contributed by atoms with Gasteiger partial charge in [0.05, 0.1) is 0 Å². The molecule has 0 unspecified atom stereocenters. The van der Waals surface area contributed by atoms with Crippen LogP contribution in [0.4, 0.5) is 0 Å². The lowest BCUT2D eigenvalue weighted by atomic mass is 10.0. The van der Waals surface area contributed by atoms with Crippen LogP contribution in [-0.2, 0) is 0 Å². The highest BCUT2D eigenvalue weighted by Gasteiger charge is 2.21. The Balaban J connectivity index is 2.06. The monoisotopic (exact) mass is 382 g/mol. The summed E-state index contributed by atoms with van der Waals surface area (Å²) in [6, 6.07) is 24.6. The van der Waals surface area contributed by atoms with E-state index in [0.29, 0.717) is 10.2 Å². The van der Waals surface area contributed by atoms with E-state index in [-0.39, 0.29) is 11.7 Å². The molecule has 0 saturated heterocycles. The maximum absolute atomic E-state index is 11.6. The third kappa shape index (κ3) is 3.49. The average molecular weight is 383 g/mol. The molecule has 0 heterocycles. The molecule has 0 amide bonds. The van der Waals surface area contributed by atoms with E-state index in [1.165, 1.54) is 0 Å². The Labute approximate surface area is 148 Å². The molecule has 3 aromatic carbocycles. The van der Waals surface area contributed by atoms with Crippen LogP contribution in [-0.4, -0.2) is 11.1 Å². The zero-order chi connectivity index (χ0) is 16.9. The lowest BCUT2D eigenvalue weighted by molar-refractivity contribution is 0.0689. The molecule has 1 N–H and O–H groups in total. The number of carboxylic acid groups (broad SMARTS) is 1. The second-order valence-electron chi connectivity index (χ2n) is 5.24. The Morgan fingerprint density at radius 1 is 0.833 bits per heavy atom. The average Bonchev–Trinajstić information content (AvgIpc) is 2.61. The molecule has 3 aromatic rings. The second kappa shape index (κ2) is 7.32. The maximum atomic E-state index is 11.6. The van der Waals surface area contributed by atoms with Crippen LogP contribution in [0.15, 0.2) is 83.3 Å². The zero-order valence-corrected chi connectivity index (χ0v) is 14.3. The van der Waals surface area contributed by atoms with E-state index in [2.05, 4.69) is 15.9 Å². The highest BCUT2D eigenvalue weighted by atomic mass is 79.9. The summed E-state index contributed by atoms with van der Waals surface area (Å²) < 4.78 is 6.64. The van der Waals surface area contributed by atoms with Crippen LogP contribution in [0.25, 0.3) is 0 Å². The summed E-state index contributed by atoms with van der Waals surface area (Å²) in [5, 5.41) is 9.49. The summed E-state index contributed by atoms with van der Waals surface area (Å²) in [5.41, 5.74) is 2.04. The first-order valence-electron chi connectivity index (χ1n) is 7.45. The molecule has 24 heavy (non-hydrogen) atoms. The molecule has 120 valence electrons. The summed E-state index contributed by atoms with van der Waals surface area (Å²) in [5.74, 6) is -0.702. The lowest BCUT2D eigenvalue weighted by Gasteiger charge is -2.21. The number of rotatable bonds is 5. The number of hydrogen-bond donors (Lipinski definition) is 1. The minimum atomic E-state index is -1.03. The number of hydrogen-bond acceptors (Lipinski definition) is 2. The molecule has 0 radical (unpaired) electrons. The fourth-order valence-electron chi connectivity index (χ4n) is 2.52. The normalized spacial score (nSPS) is 10.6. The van der Waals surface area contributed by atoms with Gasteiger partial charge in [-0.1, -0.05) is 66.7 Å². The molecule has 0 spiro atoms. The van der Waals surface area contributed by atoms with Crippen LogP contribution < -0.4 is 4.74 Å². The standard InChI is InChI=1S/C20H15BrO3/c21-16-12-7-13-17(18(16)20(22)23)24-19(14-8-3-1-4-9-14)15-10-5-2-6-11-15/h1-13,19H,(H,22,23). The van der Waals surface area contributed by atoms with Gasteiger partial charge in [0.25, 0.3) is 0 Å². The van der Waals surface area contributed by atoms with Crippen LogP contribution in [0.3, 0.4) is 0 Å². The van der Waals surface area contributed by atoms with Gasteiger partial charge in [0.1, 0.15) is 17.4 Å². The van der Waals surface area contributed by atoms with E-state index >= 15 is 0 Å². The number of halogens is 1. The van der Waals surface area contributed by atoms with Gasteiger partial charge >= 0.3 is 5.97 Å². The Morgan fingerprint density at radius 3 is 1.88 bits per heavy atom. The van der Waals surface area contributed by atoms with E-state index in [9.17, 15) is 9.90 Å². The molecule has 0 aliphatic rings. The van der Waals surface area contributed by atoms with Gasteiger partial charge in [0.15, 0.2) is 0 Å². The van der Waals surface area contributed by atoms with Crippen molar-refractivity contribution < 1.29 is 14.6 Å². The predicted molar refractivity (Wildman–Crippen MR) is 96.5 cm³/mol. The summed E-state index contributed by atoms with van der Waals surface area (Å²) in [6.07, 6.45) is -0.389. The molecule has 0 aliphatic carbocycles. The van der Waals surface area contributed by atoms with Crippen LogP contribution in [0, 0.1) is 0 Å². The van der Waals surface area contributed by atoms with Crippen LogP contribution in [0.5, 0.6) is 5.75 Å². The van der Waals surface area contributed by atoms with Crippen molar-refractivity contribution in [2.75, 3.05) is 0 Å². The molecular weight excluding hydrogens is 368 g/mol. The minimum Gasteiger partial charge on any atom is -0.480 e. The summed E-state index contributed by atoms with van der Waals surface area (Å²) >= 11 is 3.29. The quantitative estimate of drug-likeness (QED) is 0.649. The maximum Gasteiger partial charge on any atom is 0.340 e. The topological polar surface area (TPSA) is 46.5 Å². The number of benzene rings is 3. The SMILES string of the molecule is O=C(O)c1c(Br)cccc1OC(c1ccccc1)c1ccccc1. The van der Waals surface area contributed by atoms with Gasteiger partial charge < -0.3 is 9.84 Å². The lowest BCUT2D eigenvalue weighted by Crippen LogP contribution is -2.12. The molecule has 0 atom stereocenters. The van der Waals surface area contributed by atoms with E-state index in [4.69, 9.17) is 4.74 Å². The second-order valence-corrected chi connectivity index (χ2v) is 6.09. The van der Waals surface area contributed by atoms with Gasteiger partial charge in [-0.05, 0) is 39.2 Å². The van der Waals surface area contributed by atoms with E-state index < -0.39 is 5.97 Å². The molecular formula is C20H15BrO3. The zero-order valence-electron chi connectivity index (χ0n) is 12.7. The Hall–Kier alpha value is -2.59. The first kappa shape index (κ1) is 16.3. The van der Waals surface area contributed by atoms with Crippen LogP contribution >= 0.6 is 15.9 Å². The number of carbonyl (C=O) groups is 1. The van der Waals surface area contributed by atoms with Crippen molar-refractivity contribution in [1.29, 1.82) is 0 Å². The molecule has 4 heteroatoms. The Kier molecular flexibility index (Phi) is 4.96. The van der Waals surface area contributed by atoms with Crippen molar-refractivity contribution in [3.05, 3.63) is 100 Å². The van der Waals surface area contributed by atoms with Crippen molar-refractivity contribution in [1.82, 2.24) is 0 Å². The fraction of sp³-hybridized carbons (Fsp3) is 0.0500. The Bertz CT molecular complexity index is 793. The number of aromatic carboxylic acids is 1. The minimum absolute atomic E-state index is 0.120. The molecule has 0 fully saturated rings. The molecule has 0 aromatic heterocycles. The van der Waals surface area contributed by atoms with Crippen LogP contribution in [0.1, 0.15) is 27.6 Å². The first-order chi connectivity index (χ1) is 11.7. The van der Waals surface area contributed by atoms with Gasteiger partial charge in [-0.15, -0.1) is 0 Å². The summed E-state index contributed by atoms with van der Waals surface area (Å²) in [4.78, 5) is 11.6. The van der Waals surface area contributed by atoms with Gasteiger partial charge in [-0.25, -0.2) is 4.79 Å².